The zero-order valence-corrected chi connectivity index (χ0v) is 13.1. The number of hydrogen-bond donors (Lipinski definition) is 1. The van der Waals surface area contributed by atoms with E-state index in [2.05, 4.69) is 49.3 Å². The Labute approximate surface area is 123 Å². The van der Waals surface area contributed by atoms with E-state index in [9.17, 15) is 0 Å². The predicted molar refractivity (Wildman–Crippen MR) is 85.8 cm³/mol. The van der Waals surface area contributed by atoms with Crippen molar-refractivity contribution in [1.29, 1.82) is 0 Å². The van der Waals surface area contributed by atoms with Gasteiger partial charge < -0.3 is 15.0 Å². The van der Waals surface area contributed by atoms with Crippen molar-refractivity contribution in [3.05, 3.63) is 23.8 Å². The van der Waals surface area contributed by atoms with Crippen molar-refractivity contribution < 1.29 is 6.16 Å². The number of methoxy groups -OCH3 is 1. The first-order chi connectivity index (χ1) is 9.48. The lowest BCUT2D eigenvalue weighted by atomic mass is 9.59. The molecule has 1 aromatic rings. The van der Waals surface area contributed by atoms with Crippen LogP contribution in [-0.4, -0.2) is 38.7 Å². The first-order valence-corrected chi connectivity index (χ1v) is 7.59. The predicted octanol–water partition coefficient (Wildman–Crippen LogP) is 3.36. The van der Waals surface area contributed by atoms with Gasteiger partial charge in [-0.25, -0.2) is 0 Å². The summed E-state index contributed by atoms with van der Waals surface area (Å²) in [6.07, 6.45) is 2.61. The molecule has 2 atom stereocenters. The van der Waals surface area contributed by atoms with E-state index in [4.69, 9.17) is 4.74 Å². The zero-order chi connectivity index (χ0) is 14.4. The van der Waals surface area contributed by atoms with Crippen LogP contribution < -0.4 is 10.1 Å². The molecule has 0 amide bonds. The summed E-state index contributed by atoms with van der Waals surface area (Å²) in [5.74, 6) is 0.936. The Morgan fingerprint density at radius 1 is 1.35 bits per heavy atom. The van der Waals surface area contributed by atoms with E-state index < -0.39 is 0 Å². The maximum absolute atomic E-state index is 5.35. The van der Waals surface area contributed by atoms with Gasteiger partial charge in [-0.05, 0) is 43.5 Å². The first-order valence-electron chi connectivity index (χ1n) is 7.59. The highest BCUT2D eigenvalue weighted by Gasteiger charge is 2.50. The summed E-state index contributed by atoms with van der Waals surface area (Å²) in [6.45, 7) is 8.33. The zero-order valence-electron chi connectivity index (χ0n) is 13.1. The van der Waals surface area contributed by atoms with Crippen LogP contribution in [0.3, 0.4) is 0 Å². The fraction of sp³-hybridized carbons (Fsp3) is 0.647. The van der Waals surface area contributed by atoms with Crippen molar-refractivity contribution in [2.24, 2.45) is 5.41 Å². The molecule has 0 aliphatic carbocycles. The van der Waals surface area contributed by atoms with Crippen LogP contribution in [0, 0.1) is 5.41 Å². The summed E-state index contributed by atoms with van der Waals surface area (Å²) >= 11 is 0. The molecule has 3 nitrogen and oxygen atoms in total. The van der Waals surface area contributed by atoms with Crippen LogP contribution in [0.1, 0.15) is 33.7 Å². The highest BCUT2D eigenvalue weighted by atomic mass is 16.5. The highest BCUT2D eigenvalue weighted by Crippen LogP contribution is 2.52. The largest absolute Gasteiger partial charge is 0.497 e. The number of hydrogen-bond acceptors (Lipinski definition) is 3. The molecule has 3 heteroatoms. The Morgan fingerprint density at radius 3 is 2.85 bits per heavy atom. The molecule has 1 aromatic carbocycles. The van der Waals surface area contributed by atoms with Gasteiger partial charge in [-0.2, -0.15) is 0 Å². The Morgan fingerprint density at radius 2 is 2.15 bits per heavy atom. The summed E-state index contributed by atoms with van der Waals surface area (Å²) < 4.78 is 5.35. The molecule has 2 aliphatic rings. The van der Waals surface area contributed by atoms with Gasteiger partial charge in [-0.3, -0.25) is 0 Å². The number of piperidine rings is 1. The van der Waals surface area contributed by atoms with E-state index in [1.165, 1.54) is 37.2 Å². The molecular formula is C17H28N2O. The highest BCUT2D eigenvalue weighted by molar-refractivity contribution is 5.63. The fourth-order valence-electron chi connectivity index (χ4n) is 4.13. The molecule has 3 rings (SSSR count). The Bertz CT molecular complexity index is 522. The molecule has 20 heavy (non-hydrogen) atoms. The van der Waals surface area contributed by atoms with Crippen LogP contribution in [0.4, 0.5) is 5.69 Å². The Hall–Kier alpha value is -1.22. The van der Waals surface area contributed by atoms with Gasteiger partial charge in [0.2, 0.25) is 0 Å². The van der Waals surface area contributed by atoms with Crippen molar-refractivity contribution in [2.45, 2.75) is 32.1 Å². The quantitative estimate of drug-likeness (QED) is 0.896. The minimum absolute atomic E-state index is 0. The SMILES string of the molecule is COc1ccc2c(c1)NCC2(C)C1(C)CCCN(C)C1.[HH]. The standard InChI is InChI=1S/C17H26N2O.H2/c1-16(8-5-9-19(3)12-16)17(2)11-18-15-10-13(20-4)6-7-14(15)17;/h6-7,10,18H,5,8-9,11-12H2,1-4H3;1H. The number of anilines is 1. The van der Waals surface area contributed by atoms with Crippen molar-refractivity contribution >= 4 is 5.69 Å². The lowest BCUT2D eigenvalue weighted by molar-refractivity contribution is 0.0571. The molecule has 0 bridgehead atoms. The topological polar surface area (TPSA) is 24.5 Å². The van der Waals surface area contributed by atoms with Crippen molar-refractivity contribution in [3.8, 4) is 5.75 Å². The maximum Gasteiger partial charge on any atom is 0.120 e. The number of rotatable bonds is 2. The molecule has 0 aromatic heterocycles. The number of nitrogens with one attached hydrogen (secondary N) is 1. The van der Waals surface area contributed by atoms with Crippen LogP contribution in [0.25, 0.3) is 0 Å². The Balaban J connectivity index is 0.00000161. The van der Waals surface area contributed by atoms with E-state index >= 15 is 0 Å². The van der Waals surface area contributed by atoms with Crippen LogP contribution in [0.2, 0.25) is 0 Å². The van der Waals surface area contributed by atoms with Crippen molar-refractivity contribution in [1.82, 2.24) is 4.90 Å². The van der Waals surface area contributed by atoms with Crippen LogP contribution in [0.15, 0.2) is 18.2 Å². The lowest BCUT2D eigenvalue weighted by Crippen LogP contribution is -2.52. The van der Waals surface area contributed by atoms with Gasteiger partial charge in [0.15, 0.2) is 0 Å². The second-order valence-electron chi connectivity index (χ2n) is 7.00. The fourth-order valence-corrected chi connectivity index (χ4v) is 4.13. The molecule has 1 N–H and O–H groups in total. The van der Waals surface area contributed by atoms with E-state index in [0.717, 1.165) is 12.3 Å². The van der Waals surface area contributed by atoms with Gasteiger partial charge >= 0.3 is 0 Å². The van der Waals surface area contributed by atoms with Crippen LogP contribution in [0.5, 0.6) is 5.75 Å². The van der Waals surface area contributed by atoms with Gasteiger partial charge in [0.25, 0.3) is 0 Å². The lowest BCUT2D eigenvalue weighted by Gasteiger charge is -2.49. The van der Waals surface area contributed by atoms with E-state index in [1.54, 1.807) is 7.11 Å². The third kappa shape index (κ3) is 1.91. The number of benzene rings is 1. The maximum atomic E-state index is 5.35. The molecule has 2 unspecified atom stereocenters. The van der Waals surface area contributed by atoms with Gasteiger partial charge in [-0.15, -0.1) is 0 Å². The normalized spacial score (nSPS) is 33.6. The molecule has 2 aliphatic heterocycles. The third-order valence-electron chi connectivity index (χ3n) is 5.67. The number of ether oxygens (including phenoxy) is 1. The van der Waals surface area contributed by atoms with Gasteiger partial charge in [0, 0.05) is 31.7 Å². The first kappa shape index (κ1) is 13.7. The summed E-state index contributed by atoms with van der Waals surface area (Å²) in [7, 11) is 3.98. The summed E-state index contributed by atoms with van der Waals surface area (Å²) in [6, 6.07) is 6.49. The molecule has 0 saturated carbocycles. The Kier molecular flexibility index (Phi) is 3.20. The molecule has 112 valence electrons. The number of nitrogens with zero attached hydrogens (tertiary/aromatic N) is 1. The van der Waals surface area contributed by atoms with Gasteiger partial charge in [0.1, 0.15) is 5.75 Å². The average Bonchev–Trinajstić information content (AvgIpc) is 2.77. The second-order valence-corrected chi connectivity index (χ2v) is 7.00. The van der Waals surface area contributed by atoms with Gasteiger partial charge in [-0.1, -0.05) is 19.9 Å². The summed E-state index contributed by atoms with van der Waals surface area (Å²) in [4.78, 5) is 2.48. The molecule has 0 radical (unpaired) electrons. The third-order valence-corrected chi connectivity index (χ3v) is 5.67. The molecule has 1 fully saturated rings. The number of fused-ring (bicyclic) bond motifs is 1. The second kappa shape index (κ2) is 4.66. The minimum Gasteiger partial charge on any atom is -0.497 e. The van der Waals surface area contributed by atoms with Crippen molar-refractivity contribution in [3.63, 3.8) is 0 Å². The van der Waals surface area contributed by atoms with E-state index in [1.807, 2.05) is 0 Å². The van der Waals surface area contributed by atoms with Crippen LogP contribution >= 0.6 is 0 Å². The smallest absolute Gasteiger partial charge is 0.120 e. The van der Waals surface area contributed by atoms with Crippen molar-refractivity contribution in [2.75, 3.05) is 39.1 Å². The number of likely N-dealkylation sites (tertiary alicyclic amines) is 1. The molecule has 0 spiro atoms. The van der Waals surface area contributed by atoms with E-state index in [-0.39, 0.29) is 6.84 Å². The van der Waals surface area contributed by atoms with Gasteiger partial charge in [0.05, 0.1) is 7.11 Å². The molecule has 1 saturated heterocycles. The molecular weight excluding hydrogens is 248 g/mol. The van der Waals surface area contributed by atoms with Crippen LogP contribution in [-0.2, 0) is 5.41 Å². The summed E-state index contributed by atoms with van der Waals surface area (Å²) in [5, 5.41) is 3.60. The minimum atomic E-state index is 0. The van der Waals surface area contributed by atoms with E-state index in [0.29, 0.717) is 5.41 Å². The average molecular weight is 276 g/mol. The summed E-state index contributed by atoms with van der Waals surface area (Å²) in [5.41, 5.74) is 3.23. The monoisotopic (exact) mass is 276 g/mol. The molecule has 2 heterocycles.